The molecule has 1 heterocycles. The minimum absolute atomic E-state index is 0.410. The van der Waals surface area contributed by atoms with Gasteiger partial charge in [-0.15, -0.1) is 11.8 Å². The van der Waals surface area contributed by atoms with E-state index in [4.69, 9.17) is 4.52 Å². The molecule has 0 fully saturated rings. The highest BCUT2D eigenvalue weighted by Gasteiger charge is 2.07. The Kier molecular flexibility index (Phi) is 5.42. The van der Waals surface area contributed by atoms with Crippen LogP contribution in [0.15, 0.2) is 38.2 Å². The van der Waals surface area contributed by atoms with Crippen LogP contribution in [-0.4, -0.2) is 16.2 Å². The summed E-state index contributed by atoms with van der Waals surface area (Å²) in [6.07, 6.45) is 0. The molecule has 0 bridgehead atoms. The van der Waals surface area contributed by atoms with Gasteiger partial charge in [0, 0.05) is 15.4 Å². The van der Waals surface area contributed by atoms with Crippen LogP contribution in [-0.2, 0) is 12.3 Å². The minimum atomic E-state index is 0.410. The first-order chi connectivity index (χ1) is 9.13. The number of hydrogen-bond acceptors (Lipinski definition) is 5. The van der Waals surface area contributed by atoms with Gasteiger partial charge in [0.05, 0.1) is 12.3 Å². The van der Waals surface area contributed by atoms with Crippen molar-refractivity contribution in [2.45, 2.75) is 37.1 Å². The zero-order valence-corrected chi connectivity index (χ0v) is 13.3. The highest BCUT2D eigenvalue weighted by atomic mass is 79.9. The van der Waals surface area contributed by atoms with Gasteiger partial charge in [0.1, 0.15) is 0 Å². The maximum Gasteiger partial charge on any atom is 0.240 e. The number of nitrogens with one attached hydrogen (secondary N) is 1. The fourth-order valence-corrected chi connectivity index (χ4v) is 2.40. The number of hydrogen-bond donors (Lipinski definition) is 1. The Morgan fingerprint density at radius 1 is 1.32 bits per heavy atom. The summed E-state index contributed by atoms with van der Waals surface area (Å²) in [5.74, 6) is 2.08. The smallest absolute Gasteiger partial charge is 0.240 e. The Labute approximate surface area is 125 Å². The predicted octanol–water partition coefficient (Wildman–Crippen LogP) is 3.62. The molecule has 1 aromatic carbocycles. The van der Waals surface area contributed by atoms with Gasteiger partial charge in [-0.05, 0) is 24.3 Å². The summed E-state index contributed by atoms with van der Waals surface area (Å²) >= 11 is 5.11. The van der Waals surface area contributed by atoms with Crippen LogP contribution in [0.1, 0.15) is 25.6 Å². The molecule has 1 N–H and O–H groups in total. The Hall–Kier alpha value is -0.850. The van der Waals surface area contributed by atoms with Crippen LogP contribution in [0.2, 0.25) is 0 Å². The fraction of sp³-hybridized carbons (Fsp3) is 0.385. The standard InChI is InChI=1S/C13H16BrN3OS/c1-9(2)15-7-13-16-12(17-18-13)8-19-11-5-3-10(14)4-6-11/h3-6,9,15H,7-8H2,1-2H3. The van der Waals surface area contributed by atoms with E-state index in [-0.39, 0.29) is 0 Å². The van der Waals surface area contributed by atoms with E-state index in [1.807, 2.05) is 12.1 Å². The number of aromatic nitrogens is 2. The molecule has 0 aliphatic rings. The summed E-state index contributed by atoms with van der Waals surface area (Å²) in [5, 5.41) is 7.22. The van der Waals surface area contributed by atoms with Crippen molar-refractivity contribution in [2.75, 3.05) is 0 Å². The van der Waals surface area contributed by atoms with Gasteiger partial charge in [-0.3, -0.25) is 0 Å². The number of rotatable bonds is 6. The molecular formula is C13H16BrN3OS. The van der Waals surface area contributed by atoms with Crippen molar-refractivity contribution in [2.24, 2.45) is 0 Å². The molecule has 0 aliphatic heterocycles. The SMILES string of the molecule is CC(C)NCc1nc(CSc2ccc(Br)cc2)no1. The highest BCUT2D eigenvalue weighted by Crippen LogP contribution is 2.23. The molecule has 102 valence electrons. The molecule has 0 atom stereocenters. The molecule has 0 spiro atoms. The minimum Gasteiger partial charge on any atom is -0.338 e. The van der Waals surface area contributed by atoms with Crippen LogP contribution in [0.4, 0.5) is 0 Å². The van der Waals surface area contributed by atoms with Gasteiger partial charge in [0.25, 0.3) is 0 Å². The van der Waals surface area contributed by atoms with Crippen molar-refractivity contribution in [1.29, 1.82) is 0 Å². The van der Waals surface area contributed by atoms with Gasteiger partial charge in [-0.2, -0.15) is 4.98 Å². The Balaban J connectivity index is 1.84. The molecule has 6 heteroatoms. The van der Waals surface area contributed by atoms with Gasteiger partial charge in [0.2, 0.25) is 5.89 Å². The topological polar surface area (TPSA) is 51.0 Å². The monoisotopic (exact) mass is 341 g/mol. The summed E-state index contributed by atoms with van der Waals surface area (Å²) in [4.78, 5) is 5.53. The van der Waals surface area contributed by atoms with Gasteiger partial charge < -0.3 is 9.84 Å². The average molecular weight is 342 g/mol. The lowest BCUT2D eigenvalue weighted by Gasteiger charge is -2.02. The number of nitrogens with zero attached hydrogens (tertiary/aromatic N) is 2. The molecule has 2 aromatic rings. The fourth-order valence-electron chi connectivity index (χ4n) is 1.39. The molecule has 0 radical (unpaired) electrons. The third-order valence-electron chi connectivity index (χ3n) is 2.35. The van der Waals surface area contributed by atoms with Crippen molar-refractivity contribution in [1.82, 2.24) is 15.5 Å². The van der Waals surface area contributed by atoms with Crippen molar-refractivity contribution in [3.05, 3.63) is 40.5 Å². The molecule has 0 saturated heterocycles. The van der Waals surface area contributed by atoms with Crippen molar-refractivity contribution < 1.29 is 4.52 Å². The van der Waals surface area contributed by atoms with Crippen molar-refractivity contribution in [3.63, 3.8) is 0 Å². The van der Waals surface area contributed by atoms with E-state index in [9.17, 15) is 0 Å². The van der Waals surface area contributed by atoms with E-state index in [1.165, 1.54) is 4.90 Å². The van der Waals surface area contributed by atoms with Gasteiger partial charge in [0.15, 0.2) is 5.82 Å². The van der Waals surface area contributed by atoms with Gasteiger partial charge >= 0.3 is 0 Å². The first kappa shape index (κ1) is 14.6. The maximum atomic E-state index is 5.18. The first-order valence-electron chi connectivity index (χ1n) is 6.06. The van der Waals surface area contributed by atoms with E-state index >= 15 is 0 Å². The van der Waals surface area contributed by atoms with Crippen LogP contribution in [0.25, 0.3) is 0 Å². The molecule has 0 unspecified atom stereocenters. The third kappa shape index (κ3) is 4.97. The first-order valence-corrected chi connectivity index (χ1v) is 7.84. The average Bonchev–Trinajstić information content (AvgIpc) is 2.84. The third-order valence-corrected chi connectivity index (χ3v) is 3.89. The predicted molar refractivity (Wildman–Crippen MR) is 80.0 cm³/mol. The van der Waals surface area contributed by atoms with Gasteiger partial charge in [-0.25, -0.2) is 0 Å². The lowest BCUT2D eigenvalue weighted by molar-refractivity contribution is 0.358. The normalized spacial score (nSPS) is 11.2. The van der Waals surface area contributed by atoms with E-state index in [2.05, 4.69) is 57.4 Å². The van der Waals surface area contributed by atoms with Crippen LogP contribution in [0.3, 0.4) is 0 Å². The second kappa shape index (κ2) is 7.07. The quantitative estimate of drug-likeness (QED) is 0.813. The summed E-state index contributed by atoms with van der Waals surface area (Å²) in [6.45, 7) is 4.79. The van der Waals surface area contributed by atoms with Crippen molar-refractivity contribution >= 4 is 27.7 Å². The highest BCUT2D eigenvalue weighted by molar-refractivity contribution is 9.10. The molecule has 0 saturated carbocycles. The lowest BCUT2D eigenvalue weighted by Crippen LogP contribution is -2.21. The molecule has 0 amide bonds. The van der Waals surface area contributed by atoms with E-state index < -0.39 is 0 Å². The molecule has 2 rings (SSSR count). The zero-order chi connectivity index (χ0) is 13.7. The molecule has 1 aromatic heterocycles. The second-order valence-electron chi connectivity index (χ2n) is 4.38. The Morgan fingerprint density at radius 2 is 2.05 bits per heavy atom. The Morgan fingerprint density at radius 3 is 2.74 bits per heavy atom. The number of thioether (sulfide) groups is 1. The molecule has 19 heavy (non-hydrogen) atoms. The number of halogens is 1. The van der Waals surface area contributed by atoms with E-state index in [0.29, 0.717) is 24.2 Å². The van der Waals surface area contributed by atoms with Crippen LogP contribution in [0.5, 0.6) is 0 Å². The van der Waals surface area contributed by atoms with Crippen LogP contribution >= 0.6 is 27.7 Å². The summed E-state index contributed by atoms with van der Waals surface area (Å²) < 4.78 is 6.26. The van der Waals surface area contributed by atoms with E-state index in [1.54, 1.807) is 11.8 Å². The van der Waals surface area contributed by atoms with Crippen LogP contribution < -0.4 is 5.32 Å². The summed E-state index contributed by atoms with van der Waals surface area (Å²) in [7, 11) is 0. The van der Waals surface area contributed by atoms with E-state index in [0.717, 1.165) is 10.3 Å². The molecular weight excluding hydrogens is 326 g/mol. The van der Waals surface area contributed by atoms with Crippen molar-refractivity contribution in [3.8, 4) is 0 Å². The summed E-state index contributed by atoms with van der Waals surface area (Å²) in [5.41, 5.74) is 0. The second-order valence-corrected chi connectivity index (χ2v) is 6.35. The zero-order valence-electron chi connectivity index (χ0n) is 10.9. The molecule has 0 aliphatic carbocycles. The largest absolute Gasteiger partial charge is 0.338 e. The molecule has 4 nitrogen and oxygen atoms in total. The van der Waals surface area contributed by atoms with Gasteiger partial charge in [-0.1, -0.05) is 34.9 Å². The lowest BCUT2D eigenvalue weighted by atomic mass is 10.4. The maximum absolute atomic E-state index is 5.18. The number of benzene rings is 1. The van der Waals surface area contributed by atoms with Crippen LogP contribution in [0, 0.1) is 0 Å². The Bertz CT molecular complexity index is 513. The summed E-state index contributed by atoms with van der Waals surface area (Å²) in [6, 6.07) is 8.59.